The molecule has 4 heteroatoms. The largest absolute Gasteiger partial charge is 0.496 e. The quantitative estimate of drug-likeness (QED) is 0.887. The molecule has 126 valence electrons. The predicted octanol–water partition coefficient (Wildman–Crippen LogP) is 3.26. The van der Waals surface area contributed by atoms with Crippen molar-refractivity contribution in [3.05, 3.63) is 65.7 Å². The molecule has 1 N–H and O–H groups in total. The summed E-state index contributed by atoms with van der Waals surface area (Å²) < 4.78 is 5.54. The molecule has 1 fully saturated rings. The highest BCUT2D eigenvalue weighted by atomic mass is 16.5. The Morgan fingerprint density at radius 1 is 1.08 bits per heavy atom. The van der Waals surface area contributed by atoms with Crippen molar-refractivity contribution in [3.63, 3.8) is 0 Å². The van der Waals surface area contributed by atoms with E-state index >= 15 is 0 Å². The molecule has 1 aliphatic heterocycles. The zero-order valence-corrected chi connectivity index (χ0v) is 14.1. The SMILES string of the molecule is COc1ccccc1C(CNC(=O)c1ccccc1)N1CCCC1. The number of nitrogens with one attached hydrogen (secondary N) is 1. The highest BCUT2D eigenvalue weighted by Crippen LogP contribution is 2.31. The molecule has 24 heavy (non-hydrogen) atoms. The van der Waals surface area contributed by atoms with Gasteiger partial charge in [-0.25, -0.2) is 0 Å². The van der Waals surface area contributed by atoms with Crippen LogP contribution in [-0.4, -0.2) is 37.6 Å². The van der Waals surface area contributed by atoms with Crippen molar-refractivity contribution < 1.29 is 9.53 Å². The van der Waals surface area contributed by atoms with E-state index in [0.717, 1.165) is 24.4 Å². The van der Waals surface area contributed by atoms with Crippen LogP contribution in [0.3, 0.4) is 0 Å². The molecular formula is C20H24N2O2. The summed E-state index contributed by atoms with van der Waals surface area (Å²) in [5.41, 5.74) is 1.83. The number of ether oxygens (including phenoxy) is 1. The Kier molecular flexibility index (Phi) is 5.49. The summed E-state index contributed by atoms with van der Waals surface area (Å²) in [5, 5.41) is 3.09. The Morgan fingerprint density at radius 3 is 2.46 bits per heavy atom. The number of methoxy groups -OCH3 is 1. The highest BCUT2D eigenvalue weighted by molar-refractivity contribution is 5.94. The van der Waals surface area contributed by atoms with Crippen LogP contribution < -0.4 is 10.1 Å². The summed E-state index contributed by atoms with van der Waals surface area (Å²) in [6, 6.07) is 17.6. The number of nitrogens with zero attached hydrogens (tertiary/aromatic N) is 1. The Hall–Kier alpha value is -2.33. The van der Waals surface area contributed by atoms with Gasteiger partial charge in [-0.2, -0.15) is 0 Å². The van der Waals surface area contributed by atoms with Crippen molar-refractivity contribution >= 4 is 5.91 Å². The molecule has 1 unspecified atom stereocenters. The van der Waals surface area contributed by atoms with E-state index in [1.807, 2.05) is 48.5 Å². The van der Waals surface area contributed by atoms with Crippen molar-refractivity contribution in [3.8, 4) is 5.75 Å². The first kappa shape index (κ1) is 16.5. The third-order valence-corrected chi connectivity index (χ3v) is 4.57. The van der Waals surface area contributed by atoms with Crippen LogP contribution in [0.4, 0.5) is 0 Å². The Bertz CT molecular complexity index is 666. The molecule has 0 saturated carbocycles. The standard InChI is InChI=1S/C20H24N2O2/c1-24-19-12-6-5-11-17(19)18(22-13-7-8-14-22)15-21-20(23)16-9-3-2-4-10-16/h2-6,9-12,18H,7-8,13-15H2,1H3,(H,21,23). The lowest BCUT2D eigenvalue weighted by molar-refractivity contribution is 0.0937. The van der Waals surface area contributed by atoms with Gasteiger partial charge < -0.3 is 10.1 Å². The molecule has 3 rings (SSSR count). The van der Waals surface area contributed by atoms with E-state index in [4.69, 9.17) is 4.74 Å². The van der Waals surface area contributed by atoms with Crippen molar-refractivity contribution in [2.24, 2.45) is 0 Å². The molecule has 1 atom stereocenters. The monoisotopic (exact) mass is 324 g/mol. The Morgan fingerprint density at radius 2 is 1.75 bits per heavy atom. The van der Waals surface area contributed by atoms with E-state index < -0.39 is 0 Å². The summed E-state index contributed by atoms with van der Waals surface area (Å²) in [6.45, 7) is 2.70. The van der Waals surface area contributed by atoms with Gasteiger partial charge in [0.2, 0.25) is 0 Å². The van der Waals surface area contributed by atoms with Gasteiger partial charge in [0.15, 0.2) is 0 Å². The van der Waals surface area contributed by atoms with E-state index in [1.165, 1.54) is 12.8 Å². The van der Waals surface area contributed by atoms with Gasteiger partial charge in [-0.15, -0.1) is 0 Å². The van der Waals surface area contributed by atoms with E-state index in [0.29, 0.717) is 12.1 Å². The molecule has 2 aromatic carbocycles. The third kappa shape index (κ3) is 3.77. The average Bonchev–Trinajstić information content (AvgIpc) is 3.17. The number of likely N-dealkylation sites (tertiary alicyclic amines) is 1. The van der Waals surface area contributed by atoms with Crippen LogP contribution in [-0.2, 0) is 0 Å². The first-order valence-corrected chi connectivity index (χ1v) is 8.50. The second-order valence-corrected chi connectivity index (χ2v) is 6.08. The minimum atomic E-state index is -0.0327. The van der Waals surface area contributed by atoms with Gasteiger partial charge in [0.1, 0.15) is 5.75 Å². The van der Waals surface area contributed by atoms with Crippen molar-refractivity contribution in [2.75, 3.05) is 26.7 Å². The molecule has 1 heterocycles. The van der Waals surface area contributed by atoms with Crippen molar-refractivity contribution in [2.45, 2.75) is 18.9 Å². The molecule has 2 aromatic rings. The molecule has 1 aliphatic rings. The molecule has 1 amide bonds. The fourth-order valence-corrected chi connectivity index (χ4v) is 3.31. The average molecular weight is 324 g/mol. The minimum absolute atomic E-state index is 0.0327. The topological polar surface area (TPSA) is 41.6 Å². The summed E-state index contributed by atoms with van der Waals surface area (Å²) >= 11 is 0. The van der Waals surface area contributed by atoms with Crippen LogP contribution in [0.25, 0.3) is 0 Å². The van der Waals surface area contributed by atoms with Gasteiger partial charge in [0.25, 0.3) is 5.91 Å². The van der Waals surface area contributed by atoms with E-state index in [-0.39, 0.29) is 11.9 Å². The molecular weight excluding hydrogens is 300 g/mol. The number of amides is 1. The number of para-hydroxylation sites is 1. The van der Waals surface area contributed by atoms with E-state index in [9.17, 15) is 4.79 Å². The molecule has 0 bridgehead atoms. The van der Waals surface area contributed by atoms with Crippen LogP contribution in [0.2, 0.25) is 0 Å². The normalized spacial score (nSPS) is 15.9. The minimum Gasteiger partial charge on any atom is -0.496 e. The number of carbonyl (C=O) groups is 1. The molecule has 0 aliphatic carbocycles. The smallest absolute Gasteiger partial charge is 0.251 e. The molecule has 0 radical (unpaired) electrons. The maximum absolute atomic E-state index is 12.4. The van der Waals surface area contributed by atoms with Crippen molar-refractivity contribution in [1.82, 2.24) is 10.2 Å². The maximum atomic E-state index is 12.4. The van der Waals surface area contributed by atoms with Crippen LogP contribution in [0.5, 0.6) is 5.75 Å². The highest BCUT2D eigenvalue weighted by Gasteiger charge is 2.26. The zero-order chi connectivity index (χ0) is 16.8. The van der Waals surface area contributed by atoms with Gasteiger partial charge in [0, 0.05) is 17.7 Å². The predicted molar refractivity (Wildman–Crippen MR) is 95.3 cm³/mol. The second-order valence-electron chi connectivity index (χ2n) is 6.08. The molecule has 0 aromatic heterocycles. The van der Waals surface area contributed by atoms with Crippen LogP contribution in [0.15, 0.2) is 54.6 Å². The Labute approximate surface area is 143 Å². The summed E-state index contributed by atoms with van der Waals surface area (Å²) in [4.78, 5) is 14.8. The van der Waals surface area contributed by atoms with Crippen LogP contribution in [0.1, 0.15) is 34.8 Å². The number of hydrogen-bond acceptors (Lipinski definition) is 3. The summed E-state index contributed by atoms with van der Waals surface area (Å²) in [5.74, 6) is 0.845. The van der Waals surface area contributed by atoms with E-state index in [2.05, 4.69) is 16.3 Å². The van der Waals surface area contributed by atoms with E-state index in [1.54, 1.807) is 7.11 Å². The van der Waals surface area contributed by atoms with Gasteiger partial charge >= 0.3 is 0 Å². The van der Waals surface area contributed by atoms with Gasteiger partial charge in [-0.05, 0) is 44.1 Å². The van der Waals surface area contributed by atoms with Crippen LogP contribution >= 0.6 is 0 Å². The lowest BCUT2D eigenvalue weighted by atomic mass is 10.0. The second kappa shape index (κ2) is 7.97. The molecule has 0 spiro atoms. The van der Waals surface area contributed by atoms with Gasteiger partial charge in [-0.1, -0.05) is 36.4 Å². The number of benzene rings is 2. The number of hydrogen-bond donors (Lipinski definition) is 1. The fourth-order valence-electron chi connectivity index (χ4n) is 3.31. The Balaban J connectivity index is 1.77. The zero-order valence-electron chi connectivity index (χ0n) is 14.1. The number of rotatable bonds is 6. The summed E-state index contributed by atoms with van der Waals surface area (Å²) in [6.07, 6.45) is 2.41. The van der Waals surface area contributed by atoms with Crippen LogP contribution in [0, 0.1) is 0 Å². The number of carbonyl (C=O) groups excluding carboxylic acids is 1. The lowest BCUT2D eigenvalue weighted by Crippen LogP contribution is -2.37. The van der Waals surface area contributed by atoms with Crippen molar-refractivity contribution in [1.29, 1.82) is 0 Å². The third-order valence-electron chi connectivity index (χ3n) is 4.57. The maximum Gasteiger partial charge on any atom is 0.251 e. The fraction of sp³-hybridized carbons (Fsp3) is 0.350. The first-order chi connectivity index (χ1) is 11.8. The van der Waals surface area contributed by atoms with Gasteiger partial charge in [-0.3, -0.25) is 9.69 Å². The first-order valence-electron chi connectivity index (χ1n) is 8.50. The lowest BCUT2D eigenvalue weighted by Gasteiger charge is -2.29. The molecule has 4 nitrogen and oxygen atoms in total. The summed E-state index contributed by atoms with van der Waals surface area (Å²) in [7, 11) is 1.70. The molecule has 1 saturated heterocycles. The van der Waals surface area contributed by atoms with Gasteiger partial charge in [0.05, 0.1) is 13.2 Å².